The van der Waals surface area contributed by atoms with E-state index in [1.54, 1.807) is 11.8 Å². The fourth-order valence-electron chi connectivity index (χ4n) is 2.31. The van der Waals surface area contributed by atoms with Crippen LogP contribution in [-0.4, -0.2) is 12.3 Å². The summed E-state index contributed by atoms with van der Waals surface area (Å²) in [6.07, 6.45) is 9.09. The van der Waals surface area contributed by atoms with Crippen molar-refractivity contribution in [2.75, 3.05) is 6.26 Å². The van der Waals surface area contributed by atoms with Gasteiger partial charge in [-0.3, -0.25) is 0 Å². The quantitative estimate of drug-likeness (QED) is 0.822. The molecule has 0 saturated heterocycles. The highest BCUT2D eigenvalue weighted by atomic mass is 35.5. The van der Waals surface area contributed by atoms with Gasteiger partial charge in [0.1, 0.15) is 0 Å². The highest BCUT2D eigenvalue weighted by Gasteiger charge is 2.11. The predicted octanol–water partition coefficient (Wildman–Crippen LogP) is 4.25. The average molecular weight is 272 g/mol. The lowest BCUT2D eigenvalue weighted by Crippen LogP contribution is -2.30. The highest BCUT2D eigenvalue weighted by molar-refractivity contribution is 7.98. The lowest BCUT2D eigenvalue weighted by Gasteiger charge is -2.22. The van der Waals surface area contributed by atoms with E-state index in [1.165, 1.54) is 42.6 Å². The molecule has 1 N–H and O–H groups in total. The second-order valence-corrected chi connectivity index (χ2v) is 5.44. The first-order valence-electron chi connectivity index (χ1n) is 6.25. The molecule has 3 heteroatoms. The predicted molar refractivity (Wildman–Crippen MR) is 79.2 cm³/mol. The summed E-state index contributed by atoms with van der Waals surface area (Å²) in [6.45, 7) is 1.03. The lowest BCUT2D eigenvalue weighted by atomic mass is 9.95. The number of halogens is 1. The van der Waals surface area contributed by atoms with E-state index in [9.17, 15) is 0 Å². The number of hydrogen-bond acceptors (Lipinski definition) is 2. The summed E-state index contributed by atoms with van der Waals surface area (Å²) >= 11 is 1.80. The molecule has 1 aliphatic rings. The van der Waals surface area contributed by atoms with Gasteiger partial charge in [0, 0.05) is 17.5 Å². The van der Waals surface area contributed by atoms with Crippen LogP contribution in [0.4, 0.5) is 0 Å². The Morgan fingerprint density at radius 3 is 2.35 bits per heavy atom. The van der Waals surface area contributed by atoms with Crippen molar-refractivity contribution in [3.8, 4) is 0 Å². The van der Waals surface area contributed by atoms with Crippen LogP contribution in [0, 0.1) is 0 Å². The molecule has 0 aliphatic heterocycles. The third kappa shape index (κ3) is 4.90. The van der Waals surface area contributed by atoms with Crippen molar-refractivity contribution in [1.82, 2.24) is 5.32 Å². The monoisotopic (exact) mass is 271 g/mol. The molecule has 1 fully saturated rings. The molecule has 1 aliphatic carbocycles. The summed E-state index contributed by atoms with van der Waals surface area (Å²) in [5, 5.41) is 3.67. The van der Waals surface area contributed by atoms with Crippen molar-refractivity contribution in [3.63, 3.8) is 0 Å². The van der Waals surface area contributed by atoms with Crippen molar-refractivity contribution >= 4 is 24.2 Å². The fraction of sp³-hybridized carbons (Fsp3) is 0.571. The van der Waals surface area contributed by atoms with E-state index in [1.807, 2.05) is 0 Å². The molecule has 0 bridgehead atoms. The molecule has 0 spiro atoms. The topological polar surface area (TPSA) is 12.0 Å². The minimum atomic E-state index is 0. The Bertz CT molecular complexity index is 307. The van der Waals surface area contributed by atoms with Gasteiger partial charge in [-0.15, -0.1) is 24.2 Å². The molecule has 1 nitrogen and oxygen atoms in total. The summed E-state index contributed by atoms with van der Waals surface area (Å²) in [5.41, 5.74) is 1.41. The van der Waals surface area contributed by atoms with Gasteiger partial charge in [-0.25, -0.2) is 0 Å². The Labute approximate surface area is 115 Å². The molecule has 0 radical (unpaired) electrons. The van der Waals surface area contributed by atoms with Crippen molar-refractivity contribution < 1.29 is 0 Å². The third-order valence-corrected chi connectivity index (χ3v) is 4.10. The van der Waals surface area contributed by atoms with Crippen LogP contribution in [0.5, 0.6) is 0 Å². The maximum Gasteiger partial charge on any atom is 0.0208 e. The third-order valence-electron chi connectivity index (χ3n) is 3.36. The molecule has 0 unspecified atom stereocenters. The van der Waals surface area contributed by atoms with Crippen molar-refractivity contribution in [2.24, 2.45) is 0 Å². The van der Waals surface area contributed by atoms with E-state index in [2.05, 4.69) is 35.8 Å². The van der Waals surface area contributed by atoms with Crippen LogP contribution in [0.3, 0.4) is 0 Å². The highest BCUT2D eigenvalue weighted by Crippen LogP contribution is 2.18. The van der Waals surface area contributed by atoms with Crippen LogP contribution in [0.1, 0.15) is 37.7 Å². The largest absolute Gasteiger partial charge is 0.310 e. The zero-order valence-corrected chi connectivity index (χ0v) is 12.1. The Morgan fingerprint density at radius 1 is 1.12 bits per heavy atom. The lowest BCUT2D eigenvalue weighted by molar-refractivity contribution is 0.372. The number of benzene rings is 1. The molecule has 2 rings (SSSR count). The second-order valence-electron chi connectivity index (χ2n) is 4.56. The number of thioether (sulfide) groups is 1. The van der Waals surface area contributed by atoms with Gasteiger partial charge in [0.2, 0.25) is 0 Å². The smallest absolute Gasteiger partial charge is 0.0208 e. The van der Waals surface area contributed by atoms with Gasteiger partial charge in [0.25, 0.3) is 0 Å². The molecule has 96 valence electrons. The normalized spacial score (nSPS) is 16.5. The second kappa shape index (κ2) is 8.02. The van der Waals surface area contributed by atoms with E-state index in [0.717, 1.165) is 12.6 Å². The maximum absolute atomic E-state index is 3.67. The molecule has 0 heterocycles. The van der Waals surface area contributed by atoms with Gasteiger partial charge in [-0.1, -0.05) is 31.4 Å². The summed E-state index contributed by atoms with van der Waals surface area (Å²) in [5.74, 6) is 0. The zero-order valence-electron chi connectivity index (χ0n) is 10.4. The molecule has 1 aromatic rings. The average Bonchev–Trinajstić information content (AvgIpc) is 2.38. The van der Waals surface area contributed by atoms with E-state index in [0.29, 0.717) is 0 Å². The molecular weight excluding hydrogens is 250 g/mol. The van der Waals surface area contributed by atoms with Gasteiger partial charge in [0.15, 0.2) is 0 Å². The van der Waals surface area contributed by atoms with E-state index in [-0.39, 0.29) is 12.4 Å². The molecule has 1 saturated carbocycles. The fourth-order valence-corrected chi connectivity index (χ4v) is 2.72. The molecule has 0 amide bonds. The number of rotatable bonds is 4. The van der Waals surface area contributed by atoms with Crippen molar-refractivity contribution in [2.45, 2.75) is 49.6 Å². The Hall–Kier alpha value is -0.180. The molecular formula is C14H22ClNS. The van der Waals surface area contributed by atoms with Crippen LogP contribution in [0.15, 0.2) is 29.2 Å². The van der Waals surface area contributed by atoms with Gasteiger partial charge in [0.05, 0.1) is 0 Å². The Balaban J connectivity index is 0.00000144. The van der Waals surface area contributed by atoms with Gasteiger partial charge >= 0.3 is 0 Å². The Kier molecular flexibility index (Phi) is 7.02. The minimum absolute atomic E-state index is 0. The van der Waals surface area contributed by atoms with Gasteiger partial charge in [-0.05, 0) is 36.8 Å². The van der Waals surface area contributed by atoms with Gasteiger partial charge in [-0.2, -0.15) is 0 Å². The maximum atomic E-state index is 3.67. The van der Waals surface area contributed by atoms with E-state index < -0.39 is 0 Å². The van der Waals surface area contributed by atoms with Crippen LogP contribution in [-0.2, 0) is 6.54 Å². The first kappa shape index (κ1) is 14.9. The minimum Gasteiger partial charge on any atom is -0.310 e. The zero-order chi connectivity index (χ0) is 11.2. The van der Waals surface area contributed by atoms with Crippen LogP contribution in [0.25, 0.3) is 0 Å². The first-order chi connectivity index (χ1) is 7.88. The molecule has 0 aromatic heterocycles. The standard InChI is InChI=1S/C14H21NS.ClH/c1-16-14-9-7-12(8-10-14)11-15-13-5-3-2-4-6-13;/h7-10,13,15H,2-6,11H2,1H3;1H. The Morgan fingerprint density at radius 2 is 1.76 bits per heavy atom. The van der Waals surface area contributed by atoms with E-state index in [4.69, 9.17) is 0 Å². The molecule has 17 heavy (non-hydrogen) atoms. The number of nitrogens with one attached hydrogen (secondary N) is 1. The molecule has 1 aromatic carbocycles. The van der Waals surface area contributed by atoms with Crippen molar-refractivity contribution in [1.29, 1.82) is 0 Å². The first-order valence-corrected chi connectivity index (χ1v) is 7.47. The molecule has 0 atom stereocenters. The summed E-state index contributed by atoms with van der Waals surface area (Å²) in [7, 11) is 0. The number of hydrogen-bond donors (Lipinski definition) is 1. The summed E-state index contributed by atoms with van der Waals surface area (Å²) in [4.78, 5) is 1.35. The SMILES string of the molecule is CSc1ccc(CNC2CCCCC2)cc1.Cl. The summed E-state index contributed by atoms with van der Waals surface area (Å²) in [6, 6.07) is 9.66. The van der Waals surface area contributed by atoms with E-state index >= 15 is 0 Å². The summed E-state index contributed by atoms with van der Waals surface area (Å²) < 4.78 is 0. The van der Waals surface area contributed by atoms with Crippen LogP contribution >= 0.6 is 24.2 Å². The van der Waals surface area contributed by atoms with Gasteiger partial charge < -0.3 is 5.32 Å². The van der Waals surface area contributed by atoms with Crippen molar-refractivity contribution in [3.05, 3.63) is 29.8 Å². The van der Waals surface area contributed by atoms with Crippen LogP contribution in [0.2, 0.25) is 0 Å². The van der Waals surface area contributed by atoms with Crippen LogP contribution < -0.4 is 5.32 Å².